The van der Waals surface area contributed by atoms with Crippen molar-refractivity contribution in [2.45, 2.75) is 37.7 Å². The zero-order valence-electron chi connectivity index (χ0n) is 13.5. The Balaban J connectivity index is 2.01. The van der Waals surface area contributed by atoms with E-state index in [-0.39, 0.29) is 5.41 Å². The first-order valence-corrected chi connectivity index (χ1v) is 9.08. The van der Waals surface area contributed by atoms with Crippen molar-refractivity contribution in [1.82, 2.24) is 0 Å². The Kier molecular flexibility index (Phi) is 4.61. The van der Waals surface area contributed by atoms with Crippen molar-refractivity contribution in [2.24, 2.45) is 0 Å². The smallest absolute Gasteiger partial charge is 0.175 e. The Hall–Kier alpha value is -1.81. The second-order valence-corrected chi connectivity index (χ2v) is 8.49. The monoisotopic (exact) mass is 318 g/mol. The van der Waals surface area contributed by atoms with Crippen molar-refractivity contribution in [1.29, 1.82) is 0 Å². The molecule has 0 aliphatic rings. The molecule has 0 aromatic heterocycles. The minimum Gasteiger partial charge on any atom is -0.489 e. The first-order chi connectivity index (χ1) is 10.2. The van der Waals surface area contributed by atoms with Crippen LogP contribution in [0, 0.1) is 0 Å². The molecule has 4 heteroatoms. The maximum Gasteiger partial charge on any atom is 0.175 e. The van der Waals surface area contributed by atoms with Crippen LogP contribution < -0.4 is 4.74 Å². The molecule has 0 aliphatic heterocycles. The third-order valence-corrected chi connectivity index (χ3v) is 4.61. The minimum atomic E-state index is -3.16. The van der Waals surface area contributed by atoms with Gasteiger partial charge in [-0.25, -0.2) is 8.42 Å². The summed E-state index contributed by atoms with van der Waals surface area (Å²) in [6, 6.07) is 14.8. The number of benzene rings is 2. The predicted molar refractivity (Wildman–Crippen MR) is 89.0 cm³/mol. The molecule has 0 N–H and O–H groups in total. The van der Waals surface area contributed by atoms with Gasteiger partial charge in [0.15, 0.2) is 9.84 Å². The van der Waals surface area contributed by atoms with E-state index in [9.17, 15) is 8.42 Å². The molecule has 0 unspecified atom stereocenters. The molecule has 0 bridgehead atoms. The quantitative estimate of drug-likeness (QED) is 0.857. The lowest BCUT2D eigenvalue weighted by molar-refractivity contribution is 0.306. The topological polar surface area (TPSA) is 43.4 Å². The van der Waals surface area contributed by atoms with Crippen LogP contribution in [-0.2, 0) is 21.9 Å². The second-order valence-electron chi connectivity index (χ2n) is 6.48. The molecule has 2 aromatic rings. The molecule has 0 fully saturated rings. The molecule has 0 atom stereocenters. The fourth-order valence-electron chi connectivity index (χ4n) is 2.05. The molecule has 3 nitrogen and oxygen atoms in total. The van der Waals surface area contributed by atoms with E-state index >= 15 is 0 Å². The maximum atomic E-state index is 11.4. The van der Waals surface area contributed by atoms with Gasteiger partial charge in [-0.15, -0.1) is 0 Å². The first kappa shape index (κ1) is 16.6. The van der Waals surface area contributed by atoms with Gasteiger partial charge in [0.05, 0.1) is 4.90 Å². The van der Waals surface area contributed by atoms with Crippen LogP contribution in [0.15, 0.2) is 53.4 Å². The van der Waals surface area contributed by atoms with Gasteiger partial charge in [0.25, 0.3) is 0 Å². The van der Waals surface area contributed by atoms with Crippen molar-refractivity contribution >= 4 is 9.84 Å². The lowest BCUT2D eigenvalue weighted by Gasteiger charge is -2.19. The Morgan fingerprint density at radius 1 is 0.909 bits per heavy atom. The fraction of sp³-hybridized carbons (Fsp3) is 0.333. The maximum absolute atomic E-state index is 11.4. The zero-order valence-corrected chi connectivity index (χ0v) is 14.3. The number of hydrogen-bond acceptors (Lipinski definition) is 3. The Morgan fingerprint density at radius 2 is 1.45 bits per heavy atom. The summed E-state index contributed by atoms with van der Waals surface area (Å²) >= 11 is 0. The van der Waals surface area contributed by atoms with Crippen LogP contribution in [0.25, 0.3) is 0 Å². The van der Waals surface area contributed by atoms with E-state index in [0.717, 1.165) is 5.56 Å². The van der Waals surface area contributed by atoms with E-state index < -0.39 is 9.84 Å². The molecular formula is C18H22O3S. The van der Waals surface area contributed by atoms with Crippen LogP contribution >= 0.6 is 0 Å². The minimum absolute atomic E-state index is 0.140. The van der Waals surface area contributed by atoms with Crippen LogP contribution in [-0.4, -0.2) is 14.7 Å². The van der Waals surface area contributed by atoms with Crippen molar-refractivity contribution in [2.75, 3.05) is 6.26 Å². The fourth-order valence-corrected chi connectivity index (χ4v) is 2.68. The van der Waals surface area contributed by atoms with Gasteiger partial charge in [0.1, 0.15) is 12.4 Å². The highest BCUT2D eigenvalue weighted by Gasteiger charge is 2.12. The van der Waals surface area contributed by atoms with E-state index in [1.807, 2.05) is 0 Å². The largest absolute Gasteiger partial charge is 0.489 e. The van der Waals surface area contributed by atoms with Crippen LogP contribution in [0.1, 0.15) is 31.9 Å². The second kappa shape index (κ2) is 6.13. The normalized spacial score (nSPS) is 12.2. The number of sulfone groups is 1. The third-order valence-electron chi connectivity index (χ3n) is 3.48. The Labute approximate surface area is 132 Å². The van der Waals surface area contributed by atoms with Crippen molar-refractivity contribution in [3.63, 3.8) is 0 Å². The van der Waals surface area contributed by atoms with Gasteiger partial charge >= 0.3 is 0 Å². The van der Waals surface area contributed by atoms with Gasteiger partial charge < -0.3 is 4.74 Å². The summed E-state index contributed by atoms with van der Waals surface area (Å²) in [4.78, 5) is 0.300. The lowest BCUT2D eigenvalue weighted by Crippen LogP contribution is -2.10. The van der Waals surface area contributed by atoms with Gasteiger partial charge in [0.2, 0.25) is 0 Å². The van der Waals surface area contributed by atoms with Gasteiger partial charge in [-0.1, -0.05) is 45.0 Å². The van der Waals surface area contributed by atoms with E-state index in [1.54, 1.807) is 24.3 Å². The summed E-state index contributed by atoms with van der Waals surface area (Å²) in [6.45, 7) is 7.01. The van der Waals surface area contributed by atoms with Crippen LogP contribution in [0.2, 0.25) is 0 Å². The molecule has 0 heterocycles. The van der Waals surface area contributed by atoms with Crippen molar-refractivity contribution in [3.8, 4) is 5.75 Å². The van der Waals surface area contributed by atoms with E-state index in [0.29, 0.717) is 17.3 Å². The molecule has 0 spiro atoms. The Morgan fingerprint density at radius 3 is 1.91 bits per heavy atom. The molecule has 0 saturated carbocycles. The number of rotatable bonds is 4. The average Bonchev–Trinajstić information content (AvgIpc) is 2.44. The van der Waals surface area contributed by atoms with E-state index in [4.69, 9.17) is 4.74 Å². The summed E-state index contributed by atoms with van der Waals surface area (Å²) in [7, 11) is -3.16. The van der Waals surface area contributed by atoms with E-state index in [2.05, 4.69) is 45.0 Å². The first-order valence-electron chi connectivity index (χ1n) is 7.18. The molecule has 2 rings (SSSR count). The number of hydrogen-bond donors (Lipinski definition) is 0. The third kappa shape index (κ3) is 4.34. The lowest BCUT2D eigenvalue weighted by atomic mass is 9.87. The van der Waals surface area contributed by atoms with Gasteiger partial charge in [0, 0.05) is 6.26 Å². The van der Waals surface area contributed by atoms with Crippen LogP contribution in [0.3, 0.4) is 0 Å². The zero-order chi connectivity index (χ0) is 16.4. The summed E-state index contributed by atoms with van der Waals surface area (Å²) < 4.78 is 28.5. The van der Waals surface area contributed by atoms with Gasteiger partial charge in [-0.05, 0) is 40.8 Å². The molecule has 0 amide bonds. The average molecular weight is 318 g/mol. The van der Waals surface area contributed by atoms with Crippen LogP contribution in [0.5, 0.6) is 5.75 Å². The summed E-state index contributed by atoms with van der Waals surface area (Å²) in [5, 5.41) is 0. The van der Waals surface area contributed by atoms with E-state index in [1.165, 1.54) is 11.8 Å². The molecular weight excluding hydrogens is 296 g/mol. The molecule has 0 saturated heterocycles. The number of ether oxygens (including phenoxy) is 1. The van der Waals surface area contributed by atoms with Gasteiger partial charge in [-0.3, -0.25) is 0 Å². The highest BCUT2D eigenvalue weighted by atomic mass is 32.2. The molecule has 118 valence electrons. The summed E-state index contributed by atoms with van der Waals surface area (Å²) in [5.41, 5.74) is 2.51. The predicted octanol–water partition coefficient (Wildman–Crippen LogP) is 3.97. The highest BCUT2D eigenvalue weighted by Crippen LogP contribution is 2.23. The Bertz CT molecular complexity index is 721. The molecule has 0 radical (unpaired) electrons. The molecule has 0 aliphatic carbocycles. The van der Waals surface area contributed by atoms with Crippen LogP contribution in [0.4, 0.5) is 0 Å². The summed E-state index contributed by atoms with van der Waals surface area (Å²) in [5.74, 6) is 0.660. The van der Waals surface area contributed by atoms with Gasteiger partial charge in [-0.2, -0.15) is 0 Å². The molecule has 2 aromatic carbocycles. The summed E-state index contributed by atoms with van der Waals surface area (Å²) in [6.07, 6.45) is 1.19. The highest BCUT2D eigenvalue weighted by molar-refractivity contribution is 7.90. The van der Waals surface area contributed by atoms with Crippen molar-refractivity contribution < 1.29 is 13.2 Å². The molecule has 22 heavy (non-hydrogen) atoms. The standard InChI is InChI=1S/C18H22O3S/c1-18(2,3)15-7-5-14(6-8-15)13-21-16-9-11-17(12-10-16)22(4,19)20/h5-12H,13H2,1-4H3. The van der Waals surface area contributed by atoms with Crippen molar-refractivity contribution in [3.05, 3.63) is 59.7 Å². The SMILES string of the molecule is CC(C)(C)c1ccc(COc2ccc(S(C)(=O)=O)cc2)cc1.